The van der Waals surface area contributed by atoms with Crippen LogP contribution in [0.2, 0.25) is 0 Å². The number of rotatable bonds is 1. The van der Waals surface area contributed by atoms with E-state index in [1.165, 1.54) is 11.1 Å². The van der Waals surface area contributed by atoms with Crippen molar-refractivity contribution in [1.82, 2.24) is 15.0 Å². The van der Waals surface area contributed by atoms with Crippen LogP contribution in [-0.4, -0.2) is 15.0 Å². The van der Waals surface area contributed by atoms with Gasteiger partial charge in [-0.25, -0.2) is 4.98 Å². The number of nitrogens with zero attached hydrogens (tertiary/aromatic N) is 3. The number of aromatic nitrogens is 3. The van der Waals surface area contributed by atoms with Gasteiger partial charge in [0.1, 0.15) is 11.6 Å². The summed E-state index contributed by atoms with van der Waals surface area (Å²) in [6.45, 7) is 1.86. The Morgan fingerprint density at radius 3 is 2.67 bits per heavy atom. The first-order chi connectivity index (χ1) is 8.72. The van der Waals surface area contributed by atoms with E-state index in [0.29, 0.717) is 17.7 Å². The number of aryl methyl sites for hydroxylation is 2. The van der Waals surface area contributed by atoms with E-state index in [1.54, 1.807) is 0 Å². The van der Waals surface area contributed by atoms with Crippen LogP contribution < -0.4 is 5.73 Å². The van der Waals surface area contributed by atoms with Crippen LogP contribution in [0.15, 0.2) is 24.3 Å². The van der Waals surface area contributed by atoms with Crippen molar-refractivity contribution in [2.75, 3.05) is 5.73 Å². The van der Waals surface area contributed by atoms with Crippen LogP contribution in [0.4, 0.5) is 5.95 Å². The second-order valence-corrected chi connectivity index (χ2v) is 4.81. The average Bonchev–Trinajstić information content (AvgIpc) is 2.37. The molecule has 0 saturated heterocycles. The van der Waals surface area contributed by atoms with Gasteiger partial charge in [0.15, 0.2) is 0 Å². The first-order valence-electron chi connectivity index (χ1n) is 6.27. The molecule has 1 unspecified atom stereocenters. The Morgan fingerprint density at radius 2 is 1.89 bits per heavy atom. The molecule has 0 aliphatic heterocycles. The van der Waals surface area contributed by atoms with Crippen molar-refractivity contribution >= 4 is 5.95 Å². The molecule has 0 radical (unpaired) electrons. The zero-order valence-corrected chi connectivity index (χ0v) is 10.4. The molecule has 1 heterocycles. The van der Waals surface area contributed by atoms with Crippen molar-refractivity contribution in [3.05, 3.63) is 47.0 Å². The van der Waals surface area contributed by atoms with E-state index in [0.717, 1.165) is 25.1 Å². The van der Waals surface area contributed by atoms with Gasteiger partial charge in [-0.3, -0.25) is 0 Å². The Kier molecular flexibility index (Phi) is 2.70. The summed E-state index contributed by atoms with van der Waals surface area (Å²) in [6.07, 6.45) is 3.17. The van der Waals surface area contributed by atoms with Gasteiger partial charge in [-0.15, -0.1) is 0 Å². The number of benzene rings is 1. The van der Waals surface area contributed by atoms with Crippen LogP contribution in [-0.2, 0) is 12.8 Å². The molecular formula is C14H16N4. The van der Waals surface area contributed by atoms with Gasteiger partial charge in [-0.2, -0.15) is 9.97 Å². The van der Waals surface area contributed by atoms with Crippen LogP contribution >= 0.6 is 0 Å². The summed E-state index contributed by atoms with van der Waals surface area (Å²) in [5.74, 6) is 2.24. The molecule has 1 aliphatic carbocycles. The summed E-state index contributed by atoms with van der Waals surface area (Å²) in [5.41, 5.74) is 8.56. The summed E-state index contributed by atoms with van der Waals surface area (Å²) >= 11 is 0. The third-order valence-corrected chi connectivity index (χ3v) is 3.49. The fourth-order valence-electron chi connectivity index (χ4n) is 2.62. The topological polar surface area (TPSA) is 64.7 Å². The molecule has 0 saturated carbocycles. The van der Waals surface area contributed by atoms with Crippen LogP contribution in [0.3, 0.4) is 0 Å². The minimum atomic E-state index is 0.330. The van der Waals surface area contributed by atoms with E-state index in [1.807, 2.05) is 6.92 Å². The lowest BCUT2D eigenvalue weighted by Crippen LogP contribution is -2.17. The maximum atomic E-state index is 5.70. The SMILES string of the molecule is Cc1nc(N)nc(C2CCc3ccccc3C2)n1. The number of hydrogen-bond acceptors (Lipinski definition) is 4. The molecule has 0 fully saturated rings. The van der Waals surface area contributed by atoms with Gasteiger partial charge in [-0.05, 0) is 37.3 Å². The maximum absolute atomic E-state index is 5.70. The second kappa shape index (κ2) is 4.37. The maximum Gasteiger partial charge on any atom is 0.223 e. The van der Waals surface area contributed by atoms with Gasteiger partial charge < -0.3 is 5.73 Å². The van der Waals surface area contributed by atoms with Gasteiger partial charge in [0.05, 0.1) is 0 Å². The molecule has 4 heteroatoms. The number of nitrogen functional groups attached to an aromatic ring is 1. The van der Waals surface area contributed by atoms with Crippen molar-refractivity contribution in [2.24, 2.45) is 0 Å². The first-order valence-corrected chi connectivity index (χ1v) is 6.27. The first kappa shape index (κ1) is 11.1. The van der Waals surface area contributed by atoms with E-state index in [9.17, 15) is 0 Å². The predicted octanol–water partition coefficient (Wildman–Crippen LogP) is 2.03. The highest BCUT2D eigenvalue weighted by molar-refractivity contribution is 5.32. The van der Waals surface area contributed by atoms with Crippen LogP contribution in [0, 0.1) is 6.92 Å². The summed E-state index contributed by atoms with van der Waals surface area (Å²) in [6, 6.07) is 8.59. The van der Waals surface area contributed by atoms with Crippen LogP contribution in [0.1, 0.15) is 35.1 Å². The largest absolute Gasteiger partial charge is 0.368 e. The Labute approximate surface area is 106 Å². The molecule has 1 aromatic carbocycles. The second-order valence-electron chi connectivity index (χ2n) is 4.81. The lowest BCUT2D eigenvalue weighted by Gasteiger charge is -2.23. The van der Waals surface area contributed by atoms with Crippen molar-refractivity contribution < 1.29 is 0 Å². The number of fused-ring (bicyclic) bond motifs is 1. The molecule has 2 N–H and O–H groups in total. The zero-order valence-electron chi connectivity index (χ0n) is 10.4. The summed E-state index contributed by atoms with van der Waals surface area (Å²) in [4.78, 5) is 12.7. The predicted molar refractivity (Wildman–Crippen MR) is 70.2 cm³/mol. The van der Waals surface area contributed by atoms with E-state index < -0.39 is 0 Å². The van der Waals surface area contributed by atoms with E-state index in [4.69, 9.17) is 5.73 Å². The molecule has 18 heavy (non-hydrogen) atoms. The van der Waals surface area contributed by atoms with Gasteiger partial charge in [0.25, 0.3) is 0 Å². The molecule has 1 aromatic heterocycles. The fourth-order valence-corrected chi connectivity index (χ4v) is 2.62. The highest BCUT2D eigenvalue weighted by Crippen LogP contribution is 2.30. The highest BCUT2D eigenvalue weighted by atomic mass is 15.1. The van der Waals surface area contributed by atoms with Gasteiger partial charge >= 0.3 is 0 Å². The summed E-state index contributed by atoms with van der Waals surface area (Å²) in [5, 5.41) is 0. The van der Waals surface area contributed by atoms with Gasteiger partial charge in [-0.1, -0.05) is 24.3 Å². The Morgan fingerprint density at radius 1 is 1.11 bits per heavy atom. The number of nitrogens with two attached hydrogens (primary N) is 1. The molecule has 0 spiro atoms. The van der Waals surface area contributed by atoms with Crippen molar-refractivity contribution in [3.8, 4) is 0 Å². The third kappa shape index (κ3) is 2.06. The van der Waals surface area contributed by atoms with Gasteiger partial charge in [0.2, 0.25) is 5.95 Å². The number of anilines is 1. The molecule has 1 aliphatic rings. The molecular weight excluding hydrogens is 224 g/mol. The van der Waals surface area contributed by atoms with Crippen LogP contribution in [0.25, 0.3) is 0 Å². The fraction of sp³-hybridized carbons (Fsp3) is 0.357. The standard InChI is InChI=1S/C14H16N4/c1-9-16-13(18-14(15)17-9)12-7-6-10-4-2-3-5-11(10)8-12/h2-5,12H,6-8H2,1H3,(H2,15,16,17,18). The lowest BCUT2D eigenvalue weighted by atomic mass is 9.83. The molecule has 92 valence electrons. The quantitative estimate of drug-likeness (QED) is 0.828. The third-order valence-electron chi connectivity index (χ3n) is 3.49. The monoisotopic (exact) mass is 240 g/mol. The van der Waals surface area contributed by atoms with E-state index in [2.05, 4.69) is 39.2 Å². The average molecular weight is 240 g/mol. The normalized spacial score (nSPS) is 18.4. The molecule has 1 atom stereocenters. The molecule has 0 bridgehead atoms. The van der Waals surface area contributed by atoms with E-state index >= 15 is 0 Å². The van der Waals surface area contributed by atoms with Gasteiger partial charge in [0, 0.05) is 5.92 Å². The van der Waals surface area contributed by atoms with E-state index in [-0.39, 0.29) is 0 Å². The lowest BCUT2D eigenvalue weighted by molar-refractivity contribution is 0.551. The minimum Gasteiger partial charge on any atom is -0.368 e. The highest BCUT2D eigenvalue weighted by Gasteiger charge is 2.22. The number of hydrogen-bond donors (Lipinski definition) is 1. The molecule has 0 amide bonds. The van der Waals surface area contributed by atoms with Crippen LogP contribution in [0.5, 0.6) is 0 Å². The molecule has 4 nitrogen and oxygen atoms in total. The summed E-state index contributed by atoms with van der Waals surface area (Å²) < 4.78 is 0. The smallest absolute Gasteiger partial charge is 0.223 e. The minimum absolute atomic E-state index is 0.330. The Bertz CT molecular complexity index is 560. The molecule has 3 rings (SSSR count). The Balaban J connectivity index is 1.91. The molecule has 2 aromatic rings. The van der Waals surface area contributed by atoms with Crippen molar-refractivity contribution in [2.45, 2.75) is 32.1 Å². The zero-order chi connectivity index (χ0) is 12.5. The Hall–Kier alpha value is -1.97. The summed E-state index contributed by atoms with van der Waals surface area (Å²) in [7, 11) is 0. The van der Waals surface area contributed by atoms with Crippen molar-refractivity contribution in [1.29, 1.82) is 0 Å². The van der Waals surface area contributed by atoms with Crippen molar-refractivity contribution in [3.63, 3.8) is 0 Å².